The number of sulfonamides is 1. The minimum atomic E-state index is -3.60. The molecule has 0 unspecified atom stereocenters. The van der Waals surface area contributed by atoms with Crippen LogP contribution in [0.15, 0.2) is 47.6 Å². The van der Waals surface area contributed by atoms with Crippen molar-refractivity contribution in [2.75, 3.05) is 56.2 Å². The number of amides is 1. The molecule has 0 aliphatic carbocycles. The van der Waals surface area contributed by atoms with Gasteiger partial charge in [0.25, 0.3) is 5.91 Å². The predicted molar refractivity (Wildman–Crippen MR) is 123 cm³/mol. The quantitative estimate of drug-likeness (QED) is 0.564. The number of nitrogens with zero attached hydrogens (tertiary/aromatic N) is 4. The Morgan fingerprint density at radius 1 is 1.03 bits per heavy atom. The van der Waals surface area contributed by atoms with Gasteiger partial charge in [0.15, 0.2) is 6.61 Å². The van der Waals surface area contributed by atoms with E-state index < -0.39 is 28.5 Å². The van der Waals surface area contributed by atoms with Gasteiger partial charge in [0.2, 0.25) is 16.0 Å². The standard InChI is InChI=1S/C22H27N5O6S/c28-20(16-33-21(29)17-6-10-26(11-7-17)22-23-8-1-9-24-22)25-18-2-4-19(5-3-18)34(30,31)27-12-14-32-15-13-27/h1-5,8-9,17H,6-7,10-16H2,(H,25,28). The van der Waals surface area contributed by atoms with Crippen LogP contribution in [-0.2, 0) is 29.1 Å². The van der Waals surface area contributed by atoms with E-state index in [0.29, 0.717) is 63.9 Å². The molecule has 0 bridgehead atoms. The van der Waals surface area contributed by atoms with Gasteiger partial charge in [0.1, 0.15) is 0 Å². The number of hydrogen-bond donors (Lipinski definition) is 1. The lowest BCUT2D eigenvalue weighted by Crippen LogP contribution is -2.40. The van der Waals surface area contributed by atoms with Crippen molar-refractivity contribution in [2.24, 2.45) is 5.92 Å². The van der Waals surface area contributed by atoms with Gasteiger partial charge in [-0.05, 0) is 43.2 Å². The number of nitrogens with one attached hydrogen (secondary N) is 1. The molecule has 1 N–H and O–H groups in total. The molecule has 182 valence electrons. The number of carbonyl (C=O) groups excluding carboxylic acids is 2. The van der Waals surface area contributed by atoms with Gasteiger partial charge < -0.3 is 19.7 Å². The minimum absolute atomic E-state index is 0.145. The van der Waals surface area contributed by atoms with Crippen LogP contribution in [0, 0.1) is 5.92 Å². The first kappa shape index (κ1) is 24.0. The lowest BCUT2D eigenvalue weighted by atomic mass is 9.97. The zero-order valence-corrected chi connectivity index (χ0v) is 19.4. The molecule has 2 aliphatic heterocycles. The molecular formula is C22H27N5O6S. The molecule has 0 atom stereocenters. The highest BCUT2D eigenvalue weighted by Crippen LogP contribution is 2.22. The molecule has 1 amide bonds. The number of hydrogen-bond acceptors (Lipinski definition) is 9. The van der Waals surface area contributed by atoms with Crippen LogP contribution < -0.4 is 10.2 Å². The second-order valence-corrected chi connectivity index (χ2v) is 9.94. The average Bonchev–Trinajstić information content (AvgIpc) is 2.89. The number of aromatic nitrogens is 2. The van der Waals surface area contributed by atoms with Crippen LogP contribution >= 0.6 is 0 Å². The van der Waals surface area contributed by atoms with E-state index in [4.69, 9.17) is 9.47 Å². The van der Waals surface area contributed by atoms with Crippen molar-refractivity contribution < 1.29 is 27.5 Å². The van der Waals surface area contributed by atoms with Crippen LogP contribution in [0.25, 0.3) is 0 Å². The topological polar surface area (TPSA) is 131 Å². The Labute approximate surface area is 198 Å². The van der Waals surface area contributed by atoms with Crippen LogP contribution in [-0.4, -0.2) is 80.6 Å². The van der Waals surface area contributed by atoms with Crippen LogP contribution in [0.3, 0.4) is 0 Å². The van der Waals surface area contributed by atoms with Crippen LogP contribution in [0.4, 0.5) is 11.6 Å². The first-order chi connectivity index (χ1) is 16.4. The summed E-state index contributed by atoms with van der Waals surface area (Å²) in [6, 6.07) is 7.65. The lowest BCUT2D eigenvalue weighted by Gasteiger charge is -2.30. The second kappa shape index (κ2) is 10.9. The summed E-state index contributed by atoms with van der Waals surface area (Å²) in [7, 11) is -3.60. The first-order valence-corrected chi connectivity index (χ1v) is 12.5. The number of carbonyl (C=O) groups is 2. The predicted octanol–water partition coefficient (Wildman–Crippen LogP) is 0.896. The Balaban J connectivity index is 1.22. The minimum Gasteiger partial charge on any atom is -0.455 e. The van der Waals surface area contributed by atoms with E-state index in [9.17, 15) is 18.0 Å². The Hall–Kier alpha value is -3.09. The summed E-state index contributed by atoms with van der Waals surface area (Å²) in [4.78, 5) is 35.2. The van der Waals surface area contributed by atoms with E-state index in [0.717, 1.165) is 0 Å². The molecular weight excluding hydrogens is 462 g/mol. The highest BCUT2D eigenvalue weighted by Gasteiger charge is 2.28. The number of ether oxygens (including phenoxy) is 2. The molecule has 12 heteroatoms. The Morgan fingerprint density at radius 3 is 2.32 bits per heavy atom. The maximum Gasteiger partial charge on any atom is 0.309 e. The highest BCUT2D eigenvalue weighted by molar-refractivity contribution is 7.89. The number of anilines is 2. The third kappa shape index (κ3) is 5.88. The molecule has 2 aromatic rings. The number of rotatable bonds is 7. The van der Waals surface area contributed by atoms with E-state index in [1.807, 2.05) is 4.90 Å². The average molecular weight is 490 g/mol. The lowest BCUT2D eigenvalue weighted by molar-refractivity contribution is -0.152. The number of benzene rings is 1. The Bertz CT molecular complexity index is 1080. The third-order valence-electron chi connectivity index (χ3n) is 5.75. The van der Waals surface area contributed by atoms with Crippen molar-refractivity contribution >= 4 is 33.5 Å². The maximum absolute atomic E-state index is 12.7. The van der Waals surface area contributed by atoms with Gasteiger partial charge >= 0.3 is 5.97 Å². The fourth-order valence-electron chi connectivity index (χ4n) is 3.87. The molecule has 34 heavy (non-hydrogen) atoms. The molecule has 0 radical (unpaired) electrons. The monoisotopic (exact) mass is 489 g/mol. The number of esters is 1. The number of morpholine rings is 1. The van der Waals surface area contributed by atoms with Gasteiger partial charge in [0.05, 0.1) is 24.0 Å². The summed E-state index contributed by atoms with van der Waals surface area (Å²) < 4.78 is 37.1. The van der Waals surface area contributed by atoms with Gasteiger partial charge in [-0.1, -0.05) is 0 Å². The largest absolute Gasteiger partial charge is 0.455 e. The van der Waals surface area contributed by atoms with Gasteiger partial charge in [-0.3, -0.25) is 9.59 Å². The van der Waals surface area contributed by atoms with Crippen molar-refractivity contribution in [1.29, 1.82) is 0 Å². The zero-order valence-electron chi connectivity index (χ0n) is 18.6. The van der Waals surface area contributed by atoms with E-state index in [-0.39, 0.29) is 10.8 Å². The smallest absolute Gasteiger partial charge is 0.309 e. The summed E-state index contributed by atoms with van der Waals surface area (Å²) in [6.07, 6.45) is 4.55. The van der Waals surface area contributed by atoms with Gasteiger partial charge in [-0.2, -0.15) is 4.31 Å². The van der Waals surface area contributed by atoms with E-state index in [1.54, 1.807) is 18.5 Å². The molecule has 3 heterocycles. The molecule has 0 spiro atoms. The Morgan fingerprint density at radius 2 is 1.68 bits per heavy atom. The van der Waals surface area contributed by atoms with E-state index in [1.165, 1.54) is 28.6 Å². The summed E-state index contributed by atoms with van der Waals surface area (Å²) >= 11 is 0. The second-order valence-electron chi connectivity index (χ2n) is 8.01. The SMILES string of the molecule is O=C(COC(=O)C1CCN(c2ncccn2)CC1)Nc1ccc(S(=O)(=O)N2CCOCC2)cc1. The summed E-state index contributed by atoms with van der Waals surface area (Å²) in [6.45, 7) is 2.22. The van der Waals surface area contributed by atoms with Gasteiger partial charge in [-0.15, -0.1) is 0 Å². The summed E-state index contributed by atoms with van der Waals surface area (Å²) in [5.74, 6) is -0.544. The molecule has 2 saturated heterocycles. The third-order valence-corrected chi connectivity index (χ3v) is 7.67. The molecule has 0 saturated carbocycles. The summed E-state index contributed by atoms with van der Waals surface area (Å²) in [5.41, 5.74) is 0.415. The van der Waals surface area contributed by atoms with E-state index >= 15 is 0 Å². The molecule has 4 rings (SSSR count). The van der Waals surface area contributed by atoms with Gasteiger partial charge in [-0.25, -0.2) is 18.4 Å². The van der Waals surface area contributed by atoms with Crippen molar-refractivity contribution in [2.45, 2.75) is 17.7 Å². The van der Waals surface area contributed by atoms with E-state index in [2.05, 4.69) is 15.3 Å². The fourth-order valence-corrected chi connectivity index (χ4v) is 5.28. The van der Waals surface area contributed by atoms with Crippen molar-refractivity contribution in [3.8, 4) is 0 Å². The zero-order chi connectivity index (χ0) is 24.0. The fraction of sp³-hybridized carbons (Fsp3) is 0.455. The number of piperidine rings is 1. The Kier molecular flexibility index (Phi) is 7.70. The van der Waals surface area contributed by atoms with Crippen molar-refractivity contribution in [3.05, 3.63) is 42.7 Å². The van der Waals surface area contributed by atoms with Crippen LogP contribution in [0.5, 0.6) is 0 Å². The molecule has 1 aromatic carbocycles. The molecule has 1 aromatic heterocycles. The van der Waals surface area contributed by atoms with Crippen molar-refractivity contribution in [3.63, 3.8) is 0 Å². The molecule has 2 fully saturated rings. The normalized spacial score (nSPS) is 17.8. The van der Waals surface area contributed by atoms with Crippen molar-refractivity contribution in [1.82, 2.24) is 14.3 Å². The molecule has 2 aliphatic rings. The maximum atomic E-state index is 12.7. The highest BCUT2D eigenvalue weighted by atomic mass is 32.2. The molecule has 11 nitrogen and oxygen atoms in total. The summed E-state index contributed by atoms with van der Waals surface area (Å²) in [5, 5.41) is 2.62. The van der Waals surface area contributed by atoms with Crippen LogP contribution in [0.1, 0.15) is 12.8 Å². The first-order valence-electron chi connectivity index (χ1n) is 11.1. The van der Waals surface area contributed by atoms with Crippen LogP contribution in [0.2, 0.25) is 0 Å². The van der Waals surface area contributed by atoms with Gasteiger partial charge in [0, 0.05) is 44.3 Å².